The number of piperidine rings is 3. The Morgan fingerprint density at radius 3 is 2.72 bits per heavy atom. The van der Waals surface area contributed by atoms with Gasteiger partial charge in [0.05, 0.1) is 0 Å². The van der Waals surface area contributed by atoms with Crippen LogP contribution in [-0.2, 0) is 4.79 Å². The van der Waals surface area contributed by atoms with Gasteiger partial charge in [0.2, 0.25) is 5.91 Å². The van der Waals surface area contributed by atoms with E-state index < -0.39 is 0 Å². The van der Waals surface area contributed by atoms with Crippen molar-refractivity contribution in [2.45, 2.75) is 76.3 Å². The van der Waals surface area contributed by atoms with Crippen LogP contribution in [0.5, 0.6) is 0 Å². The Morgan fingerprint density at radius 2 is 1.90 bits per heavy atom. The molecule has 0 N–H and O–H groups in total. The minimum atomic E-state index is 0.397. The van der Waals surface area contributed by atoms with Crippen molar-refractivity contribution in [3.8, 4) is 6.07 Å². The number of carbonyl (C=O) groups excluding carboxylic acids is 1. The fraction of sp³-hybridized carbons (Fsp3) is 0.708. The molecule has 4 atom stereocenters. The van der Waals surface area contributed by atoms with Gasteiger partial charge < -0.3 is 9.80 Å². The van der Waals surface area contributed by atoms with Gasteiger partial charge in [-0.05, 0) is 55.6 Å². The van der Waals surface area contributed by atoms with Crippen LogP contribution in [0.25, 0.3) is 0 Å². The van der Waals surface area contributed by atoms with E-state index in [0.717, 1.165) is 44.1 Å². The number of anilines is 1. The molecule has 4 aliphatic rings. The van der Waals surface area contributed by atoms with Gasteiger partial charge in [-0.15, -0.1) is 0 Å². The molecule has 154 valence electrons. The molecule has 0 unspecified atom stereocenters. The van der Waals surface area contributed by atoms with Crippen molar-refractivity contribution in [3.05, 3.63) is 23.9 Å². The topological polar surface area (TPSA) is 60.2 Å². The van der Waals surface area contributed by atoms with Crippen molar-refractivity contribution in [3.63, 3.8) is 0 Å². The van der Waals surface area contributed by atoms with Gasteiger partial charge in [-0.2, -0.15) is 5.26 Å². The van der Waals surface area contributed by atoms with E-state index in [1.807, 2.05) is 12.1 Å². The van der Waals surface area contributed by atoms with E-state index in [-0.39, 0.29) is 0 Å². The highest BCUT2D eigenvalue weighted by molar-refractivity contribution is 5.78. The molecule has 4 heterocycles. The molecule has 1 amide bonds. The molecule has 5 nitrogen and oxygen atoms in total. The van der Waals surface area contributed by atoms with Gasteiger partial charge in [0.25, 0.3) is 0 Å². The molecule has 4 fully saturated rings. The van der Waals surface area contributed by atoms with Crippen LogP contribution in [-0.4, -0.2) is 41.0 Å². The van der Waals surface area contributed by atoms with E-state index in [0.29, 0.717) is 35.5 Å². The van der Waals surface area contributed by atoms with Gasteiger partial charge in [0.15, 0.2) is 0 Å². The number of nitrogens with zero attached hydrogens (tertiary/aromatic N) is 4. The Kier molecular flexibility index (Phi) is 5.20. The number of hydrogen-bond acceptors (Lipinski definition) is 4. The predicted octanol–water partition coefficient (Wildman–Crippen LogP) is 4.13. The second-order valence-electron chi connectivity index (χ2n) is 9.72. The lowest BCUT2D eigenvalue weighted by Crippen LogP contribution is -2.65. The van der Waals surface area contributed by atoms with Crippen LogP contribution < -0.4 is 4.90 Å². The maximum atomic E-state index is 13.0. The Morgan fingerprint density at radius 1 is 1.07 bits per heavy atom. The molecule has 1 aliphatic carbocycles. The fourth-order valence-electron chi connectivity index (χ4n) is 6.69. The van der Waals surface area contributed by atoms with Crippen molar-refractivity contribution in [2.24, 2.45) is 17.8 Å². The second kappa shape index (κ2) is 7.97. The highest BCUT2D eigenvalue weighted by atomic mass is 16.2. The number of carbonyl (C=O) groups is 1. The SMILES string of the molecule is N#Cc1cccc(N2C[C@H]3C[C@@H](C2)[C@H](CC2CCCCC2)N2C(=O)CCC[C@@H]32)n1. The van der Waals surface area contributed by atoms with Crippen LogP contribution in [0.4, 0.5) is 5.82 Å². The first-order valence-corrected chi connectivity index (χ1v) is 11.7. The third kappa shape index (κ3) is 3.63. The molecular weight excluding hydrogens is 360 g/mol. The van der Waals surface area contributed by atoms with Crippen molar-refractivity contribution in [1.82, 2.24) is 9.88 Å². The number of hydrogen-bond donors (Lipinski definition) is 0. The minimum Gasteiger partial charge on any atom is -0.356 e. The zero-order valence-electron chi connectivity index (χ0n) is 17.3. The number of rotatable bonds is 3. The summed E-state index contributed by atoms with van der Waals surface area (Å²) in [6.45, 7) is 1.93. The number of aromatic nitrogens is 1. The molecular formula is C24H32N4O. The zero-order valence-corrected chi connectivity index (χ0v) is 17.3. The summed E-state index contributed by atoms with van der Waals surface area (Å²) in [6.07, 6.45) is 12.2. The molecule has 3 aliphatic heterocycles. The maximum absolute atomic E-state index is 13.0. The summed E-state index contributed by atoms with van der Waals surface area (Å²) in [7, 11) is 0. The minimum absolute atomic E-state index is 0.397. The summed E-state index contributed by atoms with van der Waals surface area (Å²) in [4.78, 5) is 22.4. The first kappa shape index (κ1) is 18.9. The van der Waals surface area contributed by atoms with Gasteiger partial charge >= 0.3 is 0 Å². The monoisotopic (exact) mass is 392 g/mol. The van der Waals surface area contributed by atoms with E-state index in [9.17, 15) is 10.1 Å². The third-order valence-electron chi connectivity index (χ3n) is 7.97. The lowest BCUT2D eigenvalue weighted by atomic mass is 9.69. The first-order chi connectivity index (χ1) is 14.2. The van der Waals surface area contributed by atoms with Gasteiger partial charge in [0.1, 0.15) is 17.6 Å². The lowest BCUT2D eigenvalue weighted by Gasteiger charge is -2.57. The summed E-state index contributed by atoms with van der Waals surface area (Å²) in [6, 6.07) is 8.75. The molecule has 0 spiro atoms. The average molecular weight is 393 g/mol. The zero-order chi connectivity index (χ0) is 19.8. The largest absolute Gasteiger partial charge is 0.356 e. The van der Waals surface area contributed by atoms with Crippen LogP contribution in [0.15, 0.2) is 18.2 Å². The summed E-state index contributed by atoms with van der Waals surface area (Å²) in [5, 5.41) is 9.25. The van der Waals surface area contributed by atoms with E-state index >= 15 is 0 Å². The first-order valence-electron chi connectivity index (χ1n) is 11.7. The van der Waals surface area contributed by atoms with E-state index in [2.05, 4.69) is 20.9 Å². The summed E-state index contributed by atoms with van der Waals surface area (Å²) < 4.78 is 0. The highest BCUT2D eigenvalue weighted by Crippen LogP contribution is 2.45. The lowest BCUT2D eigenvalue weighted by molar-refractivity contribution is -0.149. The second-order valence-corrected chi connectivity index (χ2v) is 9.72. The molecule has 0 aromatic carbocycles. The number of nitriles is 1. The number of amides is 1. The summed E-state index contributed by atoms with van der Waals surface area (Å²) >= 11 is 0. The molecule has 1 aromatic heterocycles. The van der Waals surface area contributed by atoms with Gasteiger partial charge in [-0.1, -0.05) is 38.2 Å². The summed E-state index contributed by atoms with van der Waals surface area (Å²) in [5.74, 6) is 3.20. The van der Waals surface area contributed by atoms with Crippen LogP contribution in [0, 0.1) is 29.1 Å². The van der Waals surface area contributed by atoms with Crippen molar-refractivity contribution >= 4 is 11.7 Å². The van der Waals surface area contributed by atoms with Gasteiger partial charge in [-0.3, -0.25) is 4.79 Å². The quantitative estimate of drug-likeness (QED) is 0.776. The third-order valence-corrected chi connectivity index (χ3v) is 7.97. The van der Waals surface area contributed by atoms with Crippen LogP contribution in [0.3, 0.4) is 0 Å². The molecule has 29 heavy (non-hydrogen) atoms. The van der Waals surface area contributed by atoms with E-state index in [4.69, 9.17) is 0 Å². The fourth-order valence-corrected chi connectivity index (χ4v) is 6.69. The van der Waals surface area contributed by atoms with Crippen molar-refractivity contribution < 1.29 is 4.79 Å². The Bertz CT molecular complexity index is 796. The molecule has 5 heteroatoms. The Hall–Kier alpha value is -2.09. The molecule has 3 saturated heterocycles. The molecule has 1 aromatic rings. The van der Waals surface area contributed by atoms with E-state index in [1.54, 1.807) is 6.07 Å². The molecule has 0 radical (unpaired) electrons. The number of pyridine rings is 1. The van der Waals surface area contributed by atoms with Crippen molar-refractivity contribution in [1.29, 1.82) is 5.26 Å². The van der Waals surface area contributed by atoms with Crippen LogP contribution in [0.2, 0.25) is 0 Å². The summed E-state index contributed by atoms with van der Waals surface area (Å²) in [5.41, 5.74) is 0.492. The standard InChI is InChI=1S/C24H32N4O/c25-14-20-8-4-10-23(26-20)27-15-18-13-19(16-27)22(12-17-6-2-1-3-7-17)28-21(18)9-5-11-24(28)29/h4,8,10,17-19,21-22H,1-3,5-7,9,11-13,15-16H2/t18-,19+,21+,22+/m1/s1. The van der Waals surface area contributed by atoms with Gasteiger partial charge in [-0.25, -0.2) is 4.98 Å². The smallest absolute Gasteiger partial charge is 0.223 e. The van der Waals surface area contributed by atoms with Gasteiger partial charge in [0, 0.05) is 31.6 Å². The van der Waals surface area contributed by atoms with Crippen LogP contribution in [0.1, 0.15) is 69.9 Å². The van der Waals surface area contributed by atoms with Crippen molar-refractivity contribution in [2.75, 3.05) is 18.0 Å². The molecule has 5 rings (SSSR count). The Labute approximate surface area is 174 Å². The Balaban J connectivity index is 1.42. The molecule has 2 bridgehead atoms. The average Bonchev–Trinajstić information content (AvgIpc) is 2.77. The predicted molar refractivity (Wildman–Crippen MR) is 112 cm³/mol. The maximum Gasteiger partial charge on any atom is 0.223 e. The van der Waals surface area contributed by atoms with Crippen LogP contribution >= 0.6 is 0 Å². The van der Waals surface area contributed by atoms with E-state index in [1.165, 1.54) is 44.9 Å². The normalized spacial score (nSPS) is 32.6. The highest BCUT2D eigenvalue weighted by Gasteiger charge is 2.49. The number of fused-ring (bicyclic) bond motifs is 4. The molecule has 1 saturated carbocycles.